The SMILES string of the molecule is CCONC(=O)c1ccc(CCNS(C)(=O)=O)s1. The fourth-order valence-corrected chi connectivity index (χ4v) is 2.55. The molecule has 0 fully saturated rings. The van der Waals surface area contributed by atoms with Gasteiger partial charge in [-0.3, -0.25) is 9.63 Å². The molecule has 0 aromatic carbocycles. The number of hydrogen-bond donors (Lipinski definition) is 2. The highest BCUT2D eigenvalue weighted by Crippen LogP contribution is 2.16. The second kappa shape index (κ2) is 6.83. The smallest absolute Gasteiger partial charge is 0.274 e. The van der Waals surface area contributed by atoms with Gasteiger partial charge in [0.2, 0.25) is 10.0 Å². The second-order valence-electron chi connectivity index (χ2n) is 3.55. The molecule has 0 saturated heterocycles. The van der Waals surface area contributed by atoms with E-state index in [1.54, 1.807) is 19.1 Å². The highest BCUT2D eigenvalue weighted by Gasteiger charge is 2.09. The molecule has 1 aromatic rings. The summed E-state index contributed by atoms with van der Waals surface area (Å²) in [7, 11) is -3.16. The van der Waals surface area contributed by atoms with Crippen molar-refractivity contribution >= 4 is 27.3 Å². The third-order valence-corrected chi connectivity index (χ3v) is 3.80. The number of thiophene rings is 1. The van der Waals surface area contributed by atoms with Crippen molar-refractivity contribution in [2.45, 2.75) is 13.3 Å². The molecule has 0 aliphatic carbocycles. The van der Waals surface area contributed by atoms with Gasteiger partial charge in [0.05, 0.1) is 17.7 Å². The van der Waals surface area contributed by atoms with E-state index in [2.05, 4.69) is 10.2 Å². The number of hydrogen-bond acceptors (Lipinski definition) is 5. The van der Waals surface area contributed by atoms with Crippen molar-refractivity contribution in [1.82, 2.24) is 10.2 Å². The summed E-state index contributed by atoms with van der Waals surface area (Å²) in [5.74, 6) is -0.288. The first-order valence-electron chi connectivity index (χ1n) is 5.38. The summed E-state index contributed by atoms with van der Waals surface area (Å²) >= 11 is 1.32. The first-order chi connectivity index (χ1) is 8.42. The van der Waals surface area contributed by atoms with Gasteiger partial charge in [-0.05, 0) is 25.5 Å². The Morgan fingerprint density at radius 3 is 2.78 bits per heavy atom. The summed E-state index contributed by atoms with van der Waals surface area (Å²) in [4.78, 5) is 17.8. The second-order valence-corrected chi connectivity index (χ2v) is 6.55. The summed E-state index contributed by atoms with van der Waals surface area (Å²) < 4.78 is 24.1. The number of nitrogens with one attached hydrogen (secondary N) is 2. The molecule has 2 N–H and O–H groups in total. The maximum Gasteiger partial charge on any atom is 0.284 e. The van der Waals surface area contributed by atoms with Crippen LogP contribution in [0, 0.1) is 0 Å². The van der Waals surface area contributed by atoms with E-state index in [9.17, 15) is 13.2 Å². The Bertz CT molecular complexity index is 496. The minimum Gasteiger partial charge on any atom is -0.274 e. The molecule has 0 bridgehead atoms. The minimum absolute atomic E-state index is 0.288. The predicted molar refractivity (Wildman–Crippen MR) is 70.0 cm³/mol. The summed E-state index contributed by atoms with van der Waals surface area (Å²) in [6, 6.07) is 3.49. The van der Waals surface area contributed by atoms with Gasteiger partial charge in [-0.2, -0.15) is 0 Å². The Balaban J connectivity index is 2.45. The van der Waals surface area contributed by atoms with E-state index in [1.165, 1.54) is 11.3 Å². The fraction of sp³-hybridized carbons (Fsp3) is 0.500. The van der Waals surface area contributed by atoms with E-state index in [1.807, 2.05) is 0 Å². The highest BCUT2D eigenvalue weighted by atomic mass is 32.2. The molecule has 18 heavy (non-hydrogen) atoms. The Hall–Kier alpha value is -0.960. The van der Waals surface area contributed by atoms with Crippen LogP contribution in [0.2, 0.25) is 0 Å². The van der Waals surface area contributed by atoms with Gasteiger partial charge in [0, 0.05) is 11.4 Å². The van der Waals surface area contributed by atoms with Crippen molar-refractivity contribution in [3.63, 3.8) is 0 Å². The Morgan fingerprint density at radius 1 is 1.44 bits per heavy atom. The molecule has 8 heteroatoms. The maximum absolute atomic E-state index is 11.5. The summed E-state index contributed by atoms with van der Waals surface area (Å²) in [5, 5.41) is 0. The normalized spacial score (nSPS) is 11.4. The monoisotopic (exact) mass is 292 g/mol. The number of rotatable bonds is 7. The minimum atomic E-state index is -3.16. The quantitative estimate of drug-likeness (QED) is 0.718. The van der Waals surface area contributed by atoms with E-state index in [0.717, 1.165) is 11.1 Å². The van der Waals surface area contributed by atoms with Crippen LogP contribution in [0.4, 0.5) is 0 Å². The number of sulfonamides is 1. The molecule has 0 spiro atoms. The van der Waals surface area contributed by atoms with E-state index < -0.39 is 10.0 Å². The third-order valence-electron chi connectivity index (χ3n) is 1.93. The van der Waals surface area contributed by atoms with Crippen LogP contribution in [0.5, 0.6) is 0 Å². The van der Waals surface area contributed by atoms with Crippen LogP contribution in [-0.2, 0) is 21.3 Å². The average Bonchev–Trinajstić information content (AvgIpc) is 2.73. The van der Waals surface area contributed by atoms with Crippen LogP contribution in [0.1, 0.15) is 21.5 Å². The van der Waals surface area contributed by atoms with Crippen LogP contribution in [0.3, 0.4) is 0 Å². The van der Waals surface area contributed by atoms with Gasteiger partial charge in [-0.15, -0.1) is 11.3 Å². The summed E-state index contributed by atoms with van der Waals surface area (Å²) in [6.07, 6.45) is 1.67. The highest BCUT2D eigenvalue weighted by molar-refractivity contribution is 7.88. The van der Waals surface area contributed by atoms with Gasteiger partial charge in [0.15, 0.2) is 0 Å². The largest absolute Gasteiger partial charge is 0.284 e. The molecule has 1 rings (SSSR count). The van der Waals surface area contributed by atoms with Crippen LogP contribution in [0.15, 0.2) is 12.1 Å². The lowest BCUT2D eigenvalue weighted by Crippen LogP contribution is -2.24. The lowest BCUT2D eigenvalue weighted by atomic mass is 10.3. The number of carbonyl (C=O) groups is 1. The Kier molecular flexibility index (Phi) is 5.73. The number of amides is 1. The lowest BCUT2D eigenvalue weighted by molar-refractivity contribution is 0.0368. The zero-order valence-corrected chi connectivity index (χ0v) is 11.9. The van der Waals surface area contributed by atoms with Crippen LogP contribution >= 0.6 is 11.3 Å². The van der Waals surface area contributed by atoms with Crippen LogP contribution < -0.4 is 10.2 Å². The molecule has 0 atom stereocenters. The molecule has 0 radical (unpaired) electrons. The van der Waals surface area contributed by atoms with Gasteiger partial charge in [-0.1, -0.05) is 0 Å². The molecule has 1 aromatic heterocycles. The van der Waals surface area contributed by atoms with E-state index >= 15 is 0 Å². The van der Waals surface area contributed by atoms with Crippen molar-refractivity contribution in [2.24, 2.45) is 0 Å². The zero-order chi connectivity index (χ0) is 13.6. The van der Waals surface area contributed by atoms with Crippen molar-refractivity contribution in [2.75, 3.05) is 19.4 Å². The standard InChI is InChI=1S/C10H16N2O4S2/c1-3-16-12-10(13)9-5-4-8(17-9)6-7-11-18(2,14)15/h4-5,11H,3,6-7H2,1-2H3,(H,12,13). The van der Waals surface area contributed by atoms with Crippen molar-refractivity contribution in [3.8, 4) is 0 Å². The molecule has 6 nitrogen and oxygen atoms in total. The van der Waals surface area contributed by atoms with E-state index in [4.69, 9.17) is 4.84 Å². The van der Waals surface area contributed by atoms with Crippen molar-refractivity contribution < 1.29 is 18.0 Å². The topological polar surface area (TPSA) is 84.5 Å². The molecular formula is C10H16N2O4S2. The lowest BCUT2D eigenvalue weighted by Gasteiger charge is -2.01. The Morgan fingerprint density at radius 2 is 2.17 bits per heavy atom. The van der Waals surface area contributed by atoms with Crippen molar-refractivity contribution in [1.29, 1.82) is 0 Å². The molecule has 0 saturated carbocycles. The molecule has 0 aliphatic heterocycles. The molecule has 1 heterocycles. The first-order valence-corrected chi connectivity index (χ1v) is 8.08. The van der Waals surface area contributed by atoms with Crippen molar-refractivity contribution in [3.05, 3.63) is 21.9 Å². The zero-order valence-electron chi connectivity index (χ0n) is 10.2. The van der Waals surface area contributed by atoms with Crippen LogP contribution in [0.25, 0.3) is 0 Å². The molecular weight excluding hydrogens is 276 g/mol. The van der Waals surface area contributed by atoms with Gasteiger partial charge < -0.3 is 0 Å². The van der Waals surface area contributed by atoms with Gasteiger partial charge >= 0.3 is 0 Å². The first kappa shape index (κ1) is 15.1. The third kappa shape index (κ3) is 5.58. The molecule has 0 aliphatic rings. The number of hydroxylamine groups is 1. The number of carbonyl (C=O) groups excluding carboxylic acids is 1. The Labute approximate surface area is 110 Å². The van der Waals surface area contributed by atoms with Crippen LogP contribution in [-0.4, -0.2) is 33.7 Å². The van der Waals surface area contributed by atoms with Gasteiger partial charge in [0.1, 0.15) is 0 Å². The van der Waals surface area contributed by atoms with E-state index in [0.29, 0.717) is 24.4 Å². The average molecular weight is 292 g/mol. The summed E-state index contributed by atoms with van der Waals surface area (Å²) in [5.41, 5.74) is 2.30. The maximum atomic E-state index is 11.5. The summed E-state index contributed by atoms with van der Waals surface area (Å²) in [6.45, 7) is 2.51. The van der Waals surface area contributed by atoms with Gasteiger partial charge in [0.25, 0.3) is 5.91 Å². The van der Waals surface area contributed by atoms with E-state index in [-0.39, 0.29) is 5.91 Å². The molecule has 0 unspecified atom stereocenters. The molecule has 102 valence electrons. The fourth-order valence-electron chi connectivity index (χ4n) is 1.18. The predicted octanol–water partition coefficient (Wildman–Crippen LogP) is 0.521. The van der Waals surface area contributed by atoms with Gasteiger partial charge in [-0.25, -0.2) is 18.6 Å². The molecule has 1 amide bonds.